The smallest absolute Gasteiger partial charge is 0.0441 e. The number of rotatable bonds is 3. The van der Waals surface area contributed by atoms with Crippen LogP contribution in [-0.4, -0.2) is 6.04 Å². The second-order valence-electron chi connectivity index (χ2n) is 5.22. The lowest BCUT2D eigenvalue weighted by molar-refractivity contribution is 0.374. The first-order valence-corrected chi connectivity index (χ1v) is 8.13. The van der Waals surface area contributed by atoms with Gasteiger partial charge in [-0.15, -0.1) is 0 Å². The molecule has 20 heavy (non-hydrogen) atoms. The molecule has 1 aliphatic rings. The first-order chi connectivity index (χ1) is 9.60. The Morgan fingerprint density at radius 1 is 0.950 bits per heavy atom. The first-order valence-electron chi connectivity index (χ1n) is 6.58. The molecular weight excluding hydrogens is 357 g/mol. The zero-order valence-corrected chi connectivity index (χ0v) is 13.8. The van der Waals surface area contributed by atoms with Crippen molar-refractivity contribution in [1.29, 1.82) is 0 Å². The monoisotopic (exact) mass is 369 g/mol. The van der Waals surface area contributed by atoms with Crippen molar-refractivity contribution in [3.05, 3.63) is 62.5 Å². The standard InChI is InChI=1S/C16H14BrCl2N/c17-12-3-1-10(2-4-12)11-5-15(6-11)20-16-8-13(18)7-14(19)9-16/h1-4,7-9,11,15,20H,5-6H2. The lowest BCUT2D eigenvalue weighted by atomic mass is 9.76. The van der Waals surface area contributed by atoms with E-state index < -0.39 is 0 Å². The van der Waals surface area contributed by atoms with Crippen molar-refractivity contribution in [2.75, 3.05) is 5.32 Å². The molecule has 2 aromatic carbocycles. The Hall–Kier alpha value is -0.700. The van der Waals surface area contributed by atoms with Crippen LogP contribution in [0.2, 0.25) is 10.0 Å². The van der Waals surface area contributed by atoms with Crippen LogP contribution < -0.4 is 5.32 Å². The highest BCUT2D eigenvalue weighted by atomic mass is 79.9. The summed E-state index contributed by atoms with van der Waals surface area (Å²) in [6, 6.07) is 14.7. The lowest BCUT2D eigenvalue weighted by Crippen LogP contribution is -2.33. The highest BCUT2D eigenvalue weighted by Crippen LogP contribution is 2.39. The maximum Gasteiger partial charge on any atom is 0.0441 e. The van der Waals surface area contributed by atoms with E-state index in [0.717, 1.165) is 23.0 Å². The van der Waals surface area contributed by atoms with Crippen molar-refractivity contribution in [1.82, 2.24) is 0 Å². The lowest BCUT2D eigenvalue weighted by Gasteiger charge is -2.37. The van der Waals surface area contributed by atoms with Crippen molar-refractivity contribution in [3.63, 3.8) is 0 Å². The molecule has 3 rings (SSSR count). The van der Waals surface area contributed by atoms with Crippen molar-refractivity contribution in [2.45, 2.75) is 24.8 Å². The Labute approximate surface area is 137 Å². The van der Waals surface area contributed by atoms with Crippen LogP contribution in [0.5, 0.6) is 0 Å². The van der Waals surface area contributed by atoms with Crippen molar-refractivity contribution in [3.8, 4) is 0 Å². The van der Waals surface area contributed by atoms with Gasteiger partial charge in [0.25, 0.3) is 0 Å². The summed E-state index contributed by atoms with van der Waals surface area (Å²) in [5.41, 5.74) is 2.41. The molecule has 0 aliphatic heterocycles. The Morgan fingerprint density at radius 3 is 2.15 bits per heavy atom. The maximum absolute atomic E-state index is 6.01. The van der Waals surface area contributed by atoms with Gasteiger partial charge in [-0.2, -0.15) is 0 Å². The van der Waals surface area contributed by atoms with Gasteiger partial charge >= 0.3 is 0 Å². The minimum atomic E-state index is 0.498. The maximum atomic E-state index is 6.01. The number of anilines is 1. The summed E-state index contributed by atoms with van der Waals surface area (Å²) in [5, 5.41) is 4.83. The molecule has 1 fully saturated rings. The molecule has 0 spiro atoms. The summed E-state index contributed by atoms with van der Waals surface area (Å²) >= 11 is 15.5. The van der Waals surface area contributed by atoms with E-state index in [0.29, 0.717) is 22.0 Å². The number of hydrogen-bond acceptors (Lipinski definition) is 1. The zero-order valence-electron chi connectivity index (χ0n) is 10.7. The van der Waals surface area contributed by atoms with E-state index in [1.807, 2.05) is 12.1 Å². The molecule has 0 bridgehead atoms. The van der Waals surface area contributed by atoms with E-state index >= 15 is 0 Å². The number of benzene rings is 2. The summed E-state index contributed by atoms with van der Waals surface area (Å²) < 4.78 is 1.13. The summed E-state index contributed by atoms with van der Waals surface area (Å²) in [4.78, 5) is 0. The third kappa shape index (κ3) is 3.30. The van der Waals surface area contributed by atoms with E-state index in [4.69, 9.17) is 23.2 Å². The fraction of sp³-hybridized carbons (Fsp3) is 0.250. The van der Waals surface area contributed by atoms with Crippen molar-refractivity contribution >= 4 is 44.8 Å². The Morgan fingerprint density at radius 2 is 1.55 bits per heavy atom. The molecule has 0 amide bonds. The van der Waals surface area contributed by atoms with Crippen LogP contribution in [0.25, 0.3) is 0 Å². The molecule has 1 saturated carbocycles. The summed E-state index contributed by atoms with van der Waals surface area (Å²) in [6.45, 7) is 0. The van der Waals surface area contributed by atoms with Crippen molar-refractivity contribution < 1.29 is 0 Å². The van der Waals surface area contributed by atoms with Gasteiger partial charge in [-0.1, -0.05) is 51.3 Å². The molecule has 1 aliphatic carbocycles. The van der Waals surface area contributed by atoms with Gasteiger partial charge in [0, 0.05) is 26.2 Å². The molecule has 0 heterocycles. The zero-order chi connectivity index (χ0) is 14.1. The molecule has 0 aromatic heterocycles. The third-order valence-corrected chi connectivity index (χ3v) is 4.68. The van der Waals surface area contributed by atoms with Gasteiger partial charge in [-0.25, -0.2) is 0 Å². The summed E-state index contributed by atoms with van der Waals surface area (Å²) in [6.07, 6.45) is 2.29. The van der Waals surface area contributed by atoms with Crippen LogP contribution in [0.3, 0.4) is 0 Å². The first kappa shape index (κ1) is 14.2. The number of halogens is 3. The van der Waals surface area contributed by atoms with Crippen LogP contribution in [0.1, 0.15) is 24.3 Å². The Bertz CT molecular complexity index is 586. The normalized spacial score (nSPS) is 21.4. The minimum absolute atomic E-state index is 0.498. The molecule has 1 nitrogen and oxygen atoms in total. The molecule has 4 heteroatoms. The van der Waals surface area contributed by atoms with Gasteiger partial charge in [0.15, 0.2) is 0 Å². The quantitative estimate of drug-likeness (QED) is 0.686. The molecule has 0 radical (unpaired) electrons. The topological polar surface area (TPSA) is 12.0 Å². The summed E-state index contributed by atoms with van der Waals surface area (Å²) in [5.74, 6) is 0.648. The van der Waals surface area contributed by atoms with E-state index in [2.05, 4.69) is 45.5 Å². The van der Waals surface area contributed by atoms with Gasteiger partial charge in [0.05, 0.1) is 0 Å². The molecule has 0 unspecified atom stereocenters. The van der Waals surface area contributed by atoms with E-state index in [1.165, 1.54) is 5.56 Å². The van der Waals surface area contributed by atoms with Gasteiger partial charge < -0.3 is 5.32 Å². The predicted octanol–water partition coefficient (Wildman–Crippen LogP) is 6.11. The minimum Gasteiger partial charge on any atom is -0.382 e. The van der Waals surface area contributed by atoms with Gasteiger partial charge in [-0.3, -0.25) is 0 Å². The molecule has 2 aromatic rings. The molecule has 0 atom stereocenters. The number of nitrogens with one attached hydrogen (secondary N) is 1. The van der Waals surface area contributed by atoms with Gasteiger partial charge in [0.2, 0.25) is 0 Å². The van der Waals surface area contributed by atoms with Crippen LogP contribution >= 0.6 is 39.1 Å². The third-order valence-electron chi connectivity index (χ3n) is 3.71. The Balaban J connectivity index is 1.59. The number of hydrogen-bond donors (Lipinski definition) is 1. The molecular formula is C16H14BrCl2N. The average molecular weight is 371 g/mol. The molecule has 0 saturated heterocycles. The summed E-state index contributed by atoms with van der Waals surface area (Å²) in [7, 11) is 0. The highest BCUT2D eigenvalue weighted by molar-refractivity contribution is 9.10. The fourth-order valence-corrected chi connectivity index (χ4v) is 3.41. The second kappa shape index (κ2) is 5.97. The van der Waals surface area contributed by atoms with E-state index in [-0.39, 0.29) is 0 Å². The van der Waals surface area contributed by atoms with Crippen LogP contribution in [0.15, 0.2) is 46.9 Å². The van der Waals surface area contributed by atoms with Crippen LogP contribution in [0.4, 0.5) is 5.69 Å². The van der Waals surface area contributed by atoms with Crippen molar-refractivity contribution in [2.24, 2.45) is 0 Å². The fourth-order valence-electron chi connectivity index (χ4n) is 2.62. The SMILES string of the molecule is Clc1cc(Cl)cc(NC2CC(c3ccc(Br)cc3)C2)c1. The van der Waals surface area contributed by atoms with Gasteiger partial charge in [-0.05, 0) is 54.7 Å². The van der Waals surface area contributed by atoms with Crippen LogP contribution in [0, 0.1) is 0 Å². The predicted molar refractivity (Wildman–Crippen MR) is 90.0 cm³/mol. The largest absolute Gasteiger partial charge is 0.382 e. The second-order valence-corrected chi connectivity index (χ2v) is 7.01. The molecule has 104 valence electrons. The Kier molecular flexibility index (Phi) is 4.25. The van der Waals surface area contributed by atoms with Gasteiger partial charge in [0.1, 0.15) is 0 Å². The van der Waals surface area contributed by atoms with E-state index in [1.54, 1.807) is 6.07 Å². The van der Waals surface area contributed by atoms with E-state index in [9.17, 15) is 0 Å². The highest BCUT2D eigenvalue weighted by Gasteiger charge is 2.30. The van der Waals surface area contributed by atoms with Crippen LogP contribution in [-0.2, 0) is 0 Å². The average Bonchev–Trinajstić information content (AvgIpc) is 2.33. The molecule has 1 N–H and O–H groups in total.